The fourth-order valence-corrected chi connectivity index (χ4v) is 3.05. The molecule has 1 aromatic heterocycles. The summed E-state index contributed by atoms with van der Waals surface area (Å²) in [5, 5.41) is 14.2. The lowest BCUT2D eigenvalue weighted by Crippen LogP contribution is -2.30. The van der Waals surface area contributed by atoms with E-state index in [2.05, 4.69) is 22.4 Å². The highest BCUT2D eigenvalue weighted by atomic mass is 32.1. The average molecular weight is 223 g/mol. The highest BCUT2D eigenvalue weighted by Crippen LogP contribution is 2.42. The Labute approximate surface area is 94.3 Å². The van der Waals surface area contributed by atoms with Gasteiger partial charge in [0, 0.05) is 12.0 Å². The number of rotatable bonds is 4. The van der Waals surface area contributed by atoms with Crippen LogP contribution in [0.15, 0.2) is 0 Å². The number of nitrogens with zero attached hydrogens (tertiary/aromatic N) is 2. The molecule has 1 unspecified atom stereocenters. The Morgan fingerprint density at radius 3 is 2.67 bits per heavy atom. The maximum atomic E-state index is 4.24. The van der Waals surface area contributed by atoms with Gasteiger partial charge in [-0.25, -0.2) is 0 Å². The lowest BCUT2D eigenvalue weighted by Gasteiger charge is -2.31. The van der Waals surface area contributed by atoms with E-state index in [4.69, 9.17) is 0 Å². The van der Waals surface area contributed by atoms with Gasteiger partial charge in [-0.3, -0.25) is 0 Å². The van der Waals surface area contributed by atoms with E-state index < -0.39 is 0 Å². The maximum absolute atomic E-state index is 4.24. The Bertz CT molecular complexity index is 341. The minimum absolute atomic E-state index is 0.568. The zero-order chi connectivity index (χ0) is 10.3. The normalized spacial score (nSPS) is 23.5. The molecule has 82 valence electrons. The third-order valence-corrected chi connectivity index (χ3v) is 4.59. The molecular formula is C11H17N3S. The van der Waals surface area contributed by atoms with Gasteiger partial charge in [0.05, 0.1) is 0 Å². The van der Waals surface area contributed by atoms with Crippen molar-refractivity contribution in [2.24, 2.45) is 5.92 Å². The minimum Gasteiger partial charge on any atom is -0.357 e. The van der Waals surface area contributed by atoms with Gasteiger partial charge in [-0.15, -0.1) is 10.2 Å². The first-order chi connectivity index (χ1) is 7.33. The first kappa shape index (κ1) is 9.58. The van der Waals surface area contributed by atoms with Crippen molar-refractivity contribution >= 4 is 16.5 Å². The molecule has 4 heteroatoms. The van der Waals surface area contributed by atoms with Crippen molar-refractivity contribution in [1.29, 1.82) is 0 Å². The summed E-state index contributed by atoms with van der Waals surface area (Å²) in [6.45, 7) is 2.27. The van der Waals surface area contributed by atoms with Crippen LogP contribution in [-0.4, -0.2) is 16.2 Å². The van der Waals surface area contributed by atoms with Gasteiger partial charge < -0.3 is 5.32 Å². The van der Waals surface area contributed by atoms with Gasteiger partial charge in [0.25, 0.3) is 0 Å². The third-order valence-electron chi connectivity index (χ3n) is 3.58. The van der Waals surface area contributed by atoms with E-state index in [9.17, 15) is 0 Å². The van der Waals surface area contributed by atoms with E-state index in [0.717, 1.165) is 17.0 Å². The van der Waals surface area contributed by atoms with Gasteiger partial charge >= 0.3 is 0 Å². The van der Waals surface area contributed by atoms with E-state index in [1.165, 1.54) is 37.1 Å². The van der Waals surface area contributed by atoms with E-state index in [0.29, 0.717) is 6.04 Å². The predicted molar refractivity (Wildman–Crippen MR) is 62.3 cm³/mol. The van der Waals surface area contributed by atoms with Crippen LogP contribution in [0.3, 0.4) is 0 Å². The summed E-state index contributed by atoms with van der Waals surface area (Å²) in [4.78, 5) is 0. The molecule has 1 heterocycles. The Morgan fingerprint density at radius 1 is 1.27 bits per heavy atom. The summed E-state index contributed by atoms with van der Waals surface area (Å²) < 4.78 is 0. The number of anilines is 1. The van der Waals surface area contributed by atoms with Crippen LogP contribution in [0.4, 0.5) is 5.13 Å². The first-order valence-electron chi connectivity index (χ1n) is 5.93. The summed E-state index contributed by atoms with van der Waals surface area (Å²) in [5.41, 5.74) is 0. The van der Waals surface area contributed by atoms with Crippen molar-refractivity contribution in [3.63, 3.8) is 0 Å². The second-order valence-corrected chi connectivity index (χ2v) is 5.85. The van der Waals surface area contributed by atoms with Crippen LogP contribution in [0.2, 0.25) is 0 Å². The highest BCUT2D eigenvalue weighted by Gasteiger charge is 2.28. The van der Waals surface area contributed by atoms with Gasteiger partial charge in [0.2, 0.25) is 5.13 Å². The molecule has 0 amide bonds. The summed E-state index contributed by atoms with van der Waals surface area (Å²) >= 11 is 1.75. The zero-order valence-corrected chi connectivity index (χ0v) is 9.89. The zero-order valence-electron chi connectivity index (χ0n) is 9.07. The standard InChI is InChI=1S/C11H17N3S/c1-7(8-3-2-4-8)12-11-14-13-10(15-11)9-5-6-9/h7-9H,2-6H2,1H3,(H,12,14). The Morgan fingerprint density at radius 2 is 2.07 bits per heavy atom. The molecule has 0 aromatic carbocycles. The van der Waals surface area contributed by atoms with Crippen molar-refractivity contribution in [2.45, 2.75) is 51.0 Å². The van der Waals surface area contributed by atoms with Gasteiger partial charge in [0.1, 0.15) is 5.01 Å². The Kier molecular flexibility index (Phi) is 2.39. The van der Waals surface area contributed by atoms with E-state index in [1.54, 1.807) is 11.3 Å². The molecule has 3 rings (SSSR count). The highest BCUT2D eigenvalue weighted by molar-refractivity contribution is 7.15. The maximum Gasteiger partial charge on any atom is 0.205 e. The predicted octanol–water partition coefficient (Wildman–Crippen LogP) is 3.02. The first-order valence-corrected chi connectivity index (χ1v) is 6.74. The van der Waals surface area contributed by atoms with Crippen LogP contribution in [0.25, 0.3) is 0 Å². The lowest BCUT2D eigenvalue weighted by molar-refractivity contribution is 0.285. The number of nitrogens with one attached hydrogen (secondary N) is 1. The van der Waals surface area contributed by atoms with E-state index in [-0.39, 0.29) is 0 Å². The monoisotopic (exact) mass is 223 g/mol. The van der Waals surface area contributed by atoms with E-state index in [1.807, 2.05) is 0 Å². The van der Waals surface area contributed by atoms with E-state index >= 15 is 0 Å². The molecule has 1 atom stereocenters. The lowest BCUT2D eigenvalue weighted by atomic mass is 9.80. The van der Waals surface area contributed by atoms with Crippen molar-refractivity contribution in [1.82, 2.24) is 10.2 Å². The molecule has 1 aromatic rings. The van der Waals surface area contributed by atoms with Gasteiger partial charge in [-0.2, -0.15) is 0 Å². The third kappa shape index (κ3) is 2.00. The van der Waals surface area contributed by atoms with Crippen LogP contribution in [-0.2, 0) is 0 Å². The quantitative estimate of drug-likeness (QED) is 0.852. The molecule has 0 bridgehead atoms. The molecule has 2 saturated carbocycles. The van der Waals surface area contributed by atoms with Crippen LogP contribution in [0.1, 0.15) is 50.0 Å². The molecule has 2 aliphatic rings. The molecule has 3 nitrogen and oxygen atoms in total. The summed E-state index contributed by atoms with van der Waals surface area (Å²) in [7, 11) is 0. The molecule has 15 heavy (non-hydrogen) atoms. The average Bonchev–Trinajstić information content (AvgIpc) is 2.86. The minimum atomic E-state index is 0.568. The number of aromatic nitrogens is 2. The van der Waals surface area contributed by atoms with Crippen LogP contribution in [0, 0.1) is 5.92 Å². The molecular weight excluding hydrogens is 206 g/mol. The SMILES string of the molecule is CC(Nc1nnc(C2CC2)s1)C1CCC1. The Balaban J connectivity index is 1.60. The molecule has 1 N–H and O–H groups in total. The molecule has 0 radical (unpaired) electrons. The number of hydrogen-bond donors (Lipinski definition) is 1. The van der Waals surface area contributed by atoms with Crippen molar-refractivity contribution in [2.75, 3.05) is 5.32 Å². The molecule has 2 aliphatic carbocycles. The number of hydrogen-bond acceptors (Lipinski definition) is 4. The summed E-state index contributed by atoms with van der Waals surface area (Å²) in [5.74, 6) is 1.59. The summed E-state index contributed by atoms with van der Waals surface area (Å²) in [6.07, 6.45) is 6.78. The van der Waals surface area contributed by atoms with Gasteiger partial charge in [-0.1, -0.05) is 17.8 Å². The Hall–Kier alpha value is -0.640. The fourth-order valence-electron chi connectivity index (χ4n) is 2.04. The molecule has 2 fully saturated rings. The van der Waals surface area contributed by atoms with Gasteiger partial charge in [0.15, 0.2) is 0 Å². The topological polar surface area (TPSA) is 37.8 Å². The molecule has 0 spiro atoms. The van der Waals surface area contributed by atoms with Crippen molar-refractivity contribution in [3.8, 4) is 0 Å². The second kappa shape index (κ2) is 3.74. The van der Waals surface area contributed by atoms with Crippen molar-refractivity contribution in [3.05, 3.63) is 5.01 Å². The van der Waals surface area contributed by atoms with Gasteiger partial charge in [-0.05, 0) is 38.5 Å². The second-order valence-electron chi connectivity index (χ2n) is 4.84. The fraction of sp³-hybridized carbons (Fsp3) is 0.818. The summed E-state index contributed by atoms with van der Waals surface area (Å²) in [6, 6.07) is 0.568. The van der Waals surface area contributed by atoms with Crippen LogP contribution in [0.5, 0.6) is 0 Å². The molecule has 0 saturated heterocycles. The molecule has 0 aliphatic heterocycles. The van der Waals surface area contributed by atoms with Crippen molar-refractivity contribution < 1.29 is 0 Å². The smallest absolute Gasteiger partial charge is 0.205 e. The largest absolute Gasteiger partial charge is 0.357 e. The van der Waals surface area contributed by atoms with Crippen LogP contribution >= 0.6 is 11.3 Å². The van der Waals surface area contributed by atoms with Crippen LogP contribution < -0.4 is 5.32 Å².